The Labute approximate surface area is 172 Å². The number of hydrogen-bond donors (Lipinski definition) is 0. The first-order valence-corrected chi connectivity index (χ1v) is 10.1. The second kappa shape index (κ2) is 10.3. The number of rotatable bonds is 7. The number of carbonyl (C=O) groups excluding carboxylic acids is 2. The summed E-state index contributed by atoms with van der Waals surface area (Å²) >= 11 is 0. The second-order valence-electron chi connectivity index (χ2n) is 7.49. The summed E-state index contributed by atoms with van der Waals surface area (Å²) in [4.78, 5) is 26.4. The van der Waals surface area contributed by atoms with Gasteiger partial charge in [0.2, 0.25) is 0 Å². The van der Waals surface area contributed by atoms with Gasteiger partial charge in [0.05, 0.1) is 25.2 Å². The van der Waals surface area contributed by atoms with Crippen LogP contribution in [0.2, 0.25) is 0 Å². The molecule has 0 saturated carbocycles. The Morgan fingerprint density at radius 1 is 1.34 bits per heavy atom. The van der Waals surface area contributed by atoms with Crippen molar-refractivity contribution in [3.63, 3.8) is 0 Å². The summed E-state index contributed by atoms with van der Waals surface area (Å²) in [7, 11) is 1.67. The fourth-order valence-electron chi connectivity index (χ4n) is 3.99. The van der Waals surface area contributed by atoms with Crippen LogP contribution in [-0.2, 0) is 19.1 Å². The van der Waals surface area contributed by atoms with Crippen LogP contribution in [0.5, 0.6) is 0 Å². The Kier molecular flexibility index (Phi) is 8.03. The molecule has 0 aromatic carbocycles. The highest BCUT2D eigenvalue weighted by atomic mass is 16.5. The van der Waals surface area contributed by atoms with E-state index in [2.05, 4.69) is 17.6 Å². The summed E-state index contributed by atoms with van der Waals surface area (Å²) in [5.74, 6) is -0.660. The van der Waals surface area contributed by atoms with Crippen molar-refractivity contribution in [3.05, 3.63) is 28.6 Å². The lowest BCUT2D eigenvalue weighted by molar-refractivity contribution is -0.150. The topological polar surface area (TPSA) is 84.6 Å². The lowest BCUT2D eigenvalue weighted by Gasteiger charge is -2.30. The number of piperidine rings is 1. The molecule has 2 heterocycles. The highest BCUT2D eigenvalue weighted by Crippen LogP contribution is 2.24. The molecule has 158 valence electrons. The minimum atomic E-state index is -0.287. The molecule has 1 atom stereocenters. The highest BCUT2D eigenvalue weighted by molar-refractivity contribution is 6.02. The van der Waals surface area contributed by atoms with Crippen molar-refractivity contribution in [1.82, 2.24) is 9.47 Å². The van der Waals surface area contributed by atoms with E-state index in [4.69, 9.17) is 9.47 Å². The minimum absolute atomic E-state index is 0.110. The third-order valence-corrected chi connectivity index (χ3v) is 5.42. The maximum atomic E-state index is 12.9. The molecule has 7 heteroatoms. The smallest absolute Gasteiger partial charge is 0.309 e. The van der Waals surface area contributed by atoms with E-state index in [0.717, 1.165) is 17.0 Å². The first-order chi connectivity index (χ1) is 13.8. The number of nitrogens with zero attached hydrogens (tertiary/aromatic N) is 3. The molecule has 1 saturated heterocycles. The molecule has 1 amide bonds. The van der Waals surface area contributed by atoms with Crippen molar-refractivity contribution in [1.29, 1.82) is 5.26 Å². The first kappa shape index (κ1) is 22.7. The van der Waals surface area contributed by atoms with Gasteiger partial charge in [0.15, 0.2) is 0 Å². The van der Waals surface area contributed by atoms with Gasteiger partial charge in [0.1, 0.15) is 11.6 Å². The van der Waals surface area contributed by atoms with Gasteiger partial charge in [-0.3, -0.25) is 9.59 Å². The third-order valence-electron chi connectivity index (χ3n) is 5.42. The molecule has 1 aromatic heterocycles. The van der Waals surface area contributed by atoms with Gasteiger partial charge in [-0.2, -0.15) is 5.26 Å². The van der Waals surface area contributed by atoms with Crippen LogP contribution in [0.25, 0.3) is 6.08 Å². The maximum Gasteiger partial charge on any atom is 0.309 e. The molecule has 0 aliphatic carbocycles. The molecule has 1 fully saturated rings. The molecule has 7 nitrogen and oxygen atoms in total. The largest absolute Gasteiger partial charge is 0.466 e. The van der Waals surface area contributed by atoms with Crippen molar-refractivity contribution >= 4 is 18.0 Å². The number of esters is 1. The third kappa shape index (κ3) is 5.27. The predicted molar refractivity (Wildman–Crippen MR) is 110 cm³/mol. The lowest BCUT2D eigenvalue weighted by atomic mass is 9.96. The minimum Gasteiger partial charge on any atom is -0.466 e. The summed E-state index contributed by atoms with van der Waals surface area (Å²) < 4.78 is 12.5. The van der Waals surface area contributed by atoms with Crippen molar-refractivity contribution in [2.24, 2.45) is 5.92 Å². The van der Waals surface area contributed by atoms with Crippen LogP contribution in [-0.4, -0.2) is 54.8 Å². The Morgan fingerprint density at radius 3 is 2.55 bits per heavy atom. The van der Waals surface area contributed by atoms with Gasteiger partial charge in [-0.05, 0) is 58.2 Å². The highest BCUT2D eigenvalue weighted by Gasteiger charge is 2.29. The number of aromatic nitrogens is 1. The van der Waals surface area contributed by atoms with Crippen LogP contribution in [0.4, 0.5) is 0 Å². The lowest BCUT2D eigenvalue weighted by Crippen LogP contribution is -2.41. The molecular weight excluding hydrogens is 370 g/mol. The summed E-state index contributed by atoms with van der Waals surface area (Å²) in [6.45, 7) is 9.69. The molecule has 0 bridgehead atoms. The van der Waals surface area contributed by atoms with E-state index in [1.54, 1.807) is 25.0 Å². The van der Waals surface area contributed by atoms with Crippen LogP contribution in [0.15, 0.2) is 11.6 Å². The number of methoxy groups -OCH3 is 1. The van der Waals surface area contributed by atoms with Crippen LogP contribution in [0, 0.1) is 31.1 Å². The summed E-state index contributed by atoms with van der Waals surface area (Å²) in [6.07, 6.45) is 2.79. The maximum absolute atomic E-state index is 12.9. The number of aryl methyl sites for hydroxylation is 1. The van der Waals surface area contributed by atoms with E-state index < -0.39 is 0 Å². The number of likely N-dealkylation sites (tertiary alicyclic amines) is 1. The zero-order valence-electron chi connectivity index (χ0n) is 18.0. The average molecular weight is 402 g/mol. The molecule has 0 N–H and O–H groups in total. The Bertz CT molecular complexity index is 811. The van der Waals surface area contributed by atoms with Gasteiger partial charge in [-0.15, -0.1) is 0 Å². The molecule has 1 unspecified atom stereocenters. The van der Waals surface area contributed by atoms with Crippen molar-refractivity contribution in [2.45, 2.75) is 46.6 Å². The van der Waals surface area contributed by atoms with E-state index in [9.17, 15) is 14.9 Å². The molecule has 29 heavy (non-hydrogen) atoms. The molecule has 1 aliphatic rings. The van der Waals surface area contributed by atoms with Crippen molar-refractivity contribution in [2.75, 3.05) is 33.4 Å². The van der Waals surface area contributed by atoms with Crippen LogP contribution < -0.4 is 0 Å². The Balaban J connectivity index is 2.15. The zero-order valence-corrected chi connectivity index (χ0v) is 18.0. The molecular formula is C22H31N3O4. The summed E-state index contributed by atoms with van der Waals surface area (Å²) in [5, 5.41) is 9.59. The summed E-state index contributed by atoms with van der Waals surface area (Å²) in [6, 6.07) is 4.20. The van der Waals surface area contributed by atoms with Gasteiger partial charge < -0.3 is 18.9 Å². The van der Waals surface area contributed by atoms with Crippen molar-refractivity contribution < 1.29 is 19.1 Å². The molecule has 0 spiro atoms. The van der Waals surface area contributed by atoms with Gasteiger partial charge in [-0.1, -0.05) is 0 Å². The van der Waals surface area contributed by atoms with Gasteiger partial charge >= 0.3 is 5.97 Å². The first-order valence-electron chi connectivity index (χ1n) is 10.1. The van der Waals surface area contributed by atoms with E-state index in [1.807, 2.05) is 19.9 Å². The SMILES string of the molecule is CCOC(=O)C1CCN(C(=O)/C(C#N)=C/c2cc(C)n(C(C)COC)c2C)CC1. The fraction of sp³-hybridized carbons (Fsp3) is 0.591. The molecule has 1 aromatic rings. The average Bonchev–Trinajstić information content (AvgIpc) is 2.99. The van der Waals surface area contributed by atoms with Gasteiger partial charge in [-0.25, -0.2) is 0 Å². The standard InChI is InChI=1S/C22H31N3O4/c1-6-29-22(27)18-7-9-24(10-8-18)21(26)20(13-23)12-19-11-15(2)25(17(19)4)16(3)14-28-5/h11-12,16,18H,6-10,14H2,1-5H3/b20-12+. The fourth-order valence-corrected chi connectivity index (χ4v) is 3.99. The van der Waals surface area contributed by atoms with Crippen molar-refractivity contribution in [3.8, 4) is 6.07 Å². The molecule has 1 aliphatic heterocycles. The number of nitriles is 1. The monoisotopic (exact) mass is 401 g/mol. The number of amides is 1. The normalized spacial score (nSPS) is 16.4. The predicted octanol–water partition coefficient (Wildman–Crippen LogP) is 3.02. The molecule has 2 rings (SSSR count). The van der Waals surface area contributed by atoms with Gasteiger partial charge in [0, 0.05) is 31.6 Å². The Morgan fingerprint density at radius 2 is 2.00 bits per heavy atom. The van der Waals surface area contributed by atoms with Crippen LogP contribution in [0.1, 0.15) is 49.7 Å². The van der Waals surface area contributed by atoms with E-state index in [1.165, 1.54) is 0 Å². The number of ether oxygens (including phenoxy) is 2. The van der Waals surface area contributed by atoms with Gasteiger partial charge in [0.25, 0.3) is 5.91 Å². The number of carbonyl (C=O) groups is 2. The summed E-state index contributed by atoms with van der Waals surface area (Å²) in [5.41, 5.74) is 3.02. The van der Waals surface area contributed by atoms with E-state index >= 15 is 0 Å². The van der Waals surface area contributed by atoms with Crippen LogP contribution >= 0.6 is 0 Å². The van der Waals surface area contributed by atoms with E-state index in [-0.39, 0.29) is 29.4 Å². The van der Waals surface area contributed by atoms with Crippen LogP contribution in [0.3, 0.4) is 0 Å². The number of hydrogen-bond acceptors (Lipinski definition) is 5. The zero-order chi connectivity index (χ0) is 21.6. The second-order valence-corrected chi connectivity index (χ2v) is 7.49. The quantitative estimate of drug-likeness (QED) is 0.398. The van der Waals surface area contributed by atoms with E-state index in [0.29, 0.717) is 39.1 Å². The Hall–Kier alpha value is -2.59. The molecule has 0 radical (unpaired) electrons.